The van der Waals surface area contributed by atoms with Crippen molar-refractivity contribution in [2.45, 2.75) is 23.4 Å². The Morgan fingerprint density at radius 2 is 2.35 bits per heavy atom. The molecule has 0 saturated heterocycles. The lowest BCUT2D eigenvalue weighted by Crippen LogP contribution is -2.06. The maximum atomic E-state index is 11.1. The zero-order valence-electron chi connectivity index (χ0n) is 10.9. The number of nitrogens with one attached hydrogen (secondary N) is 1. The standard InChI is InChI=1S/C12H14N4O2S2/c1-2-6-13-11-9(4-3-5-10(11)16(17)18)7-19-12-14-8-15-20-12/h3-5,8,13H,2,6-7H2,1H3. The molecule has 0 aliphatic carbocycles. The van der Waals surface area contributed by atoms with Gasteiger partial charge in [0, 0.05) is 18.4 Å². The fourth-order valence-electron chi connectivity index (χ4n) is 1.68. The van der Waals surface area contributed by atoms with E-state index in [0.717, 1.165) is 16.3 Å². The van der Waals surface area contributed by atoms with Crippen LogP contribution in [0.2, 0.25) is 0 Å². The minimum atomic E-state index is -0.350. The smallest absolute Gasteiger partial charge is 0.292 e. The fourth-order valence-corrected chi connectivity index (χ4v) is 3.12. The van der Waals surface area contributed by atoms with E-state index in [2.05, 4.69) is 14.7 Å². The van der Waals surface area contributed by atoms with Crippen molar-refractivity contribution >= 4 is 34.7 Å². The minimum absolute atomic E-state index is 0.119. The highest BCUT2D eigenvalue weighted by Crippen LogP contribution is 2.33. The third kappa shape index (κ3) is 3.67. The summed E-state index contributed by atoms with van der Waals surface area (Å²) in [6.07, 6.45) is 2.42. The summed E-state index contributed by atoms with van der Waals surface area (Å²) in [6, 6.07) is 5.14. The summed E-state index contributed by atoms with van der Waals surface area (Å²) in [5, 5.41) is 14.3. The van der Waals surface area contributed by atoms with Gasteiger partial charge in [-0.3, -0.25) is 10.1 Å². The van der Waals surface area contributed by atoms with Gasteiger partial charge < -0.3 is 5.32 Å². The summed E-state index contributed by atoms with van der Waals surface area (Å²) in [7, 11) is 0. The molecule has 0 radical (unpaired) electrons. The largest absolute Gasteiger partial charge is 0.379 e. The van der Waals surface area contributed by atoms with Crippen LogP contribution in [0.15, 0.2) is 28.9 Å². The quantitative estimate of drug-likeness (QED) is 0.478. The van der Waals surface area contributed by atoms with E-state index >= 15 is 0 Å². The molecule has 0 aliphatic rings. The third-order valence-corrected chi connectivity index (χ3v) is 4.42. The molecule has 8 heteroatoms. The Bertz CT molecular complexity index is 575. The second-order valence-corrected chi connectivity index (χ2v) is 5.99. The second-order valence-electron chi connectivity index (χ2n) is 3.99. The first-order valence-corrected chi connectivity index (χ1v) is 7.88. The number of hydrogen-bond donors (Lipinski definition) is 1. The van der Waals surface area contributed by atoms with E-state index in [1.165, 1.54) is 35.7 Å². The number of aromatic nitrogens is 2. The second kappa shape index (κ2) is 7.20. The number of para-hydroxylation sites is 1. The highest BCUT2D eigenvalue weighted by Gasteiger charge is 2.17. The van der Waals surface area contributed by atoms with Gasteiger partial charge in [-0.05, 0) is 23.5 Å². The molecule has 0 amide bonds. The number of benzene rings is 1. The van der Waals surface area contributed by atoms with Gasteiger partial charge in [0.15, 0.2) is 4.34 Å². The van der Waals surface area contributed by atoms with Crippen molar-refractivity contribution in [3.8, 4) is 0 Å². The summed E-state index contributed by atoms with van der Waals surface area (Å²) in [5.41, 5.74) is 1.64. The van der Waals surface area contributed by atoms with Gasteiger partial charge in [-0.1, -0.05) is 30.8 Å². The van der Waals surface area contributed by atoms with E-state index in [1.807, 2.05) is 13.0 Å². The Kier molecular flexibility index (Phi) is 5.31. The zero-order valence-corrected chi connectivity index (χ0v) is 12.5. The van der Waals surface area contributed by atoms with Crippen LogP contribution in [-0.2, 0) is 5.75 Å². The molecule has 2 aromatic rings. The Morgan fingerprint density at radius 3 is 3.00 bits per heavy atom. The van der Waals surface area contributed by atoms with Gasteiger partial charge in [-0.15, -0.1) is 0 Å². The number of nitro benzene ring substituents is 1. The number of hydrogen-bond acceptors (Lipinski definition) is 7. The molecule has 1 aromatic carbocycles. The van der Waals surface area contributed by atoms with Crippen molar-refractivity contribution in [3.05, 3.63) is 40.2 Å². The number of anilines is 1. The van der Waals surface area contributed by atoms with E-state index in [0.29, 0.717) is 18.0 Å². The summed E-state index contributed by atoms with van der Waals surface area (Å²) >= 11 is 2.85. The molecule has 1 aromatic heterocycles. The van der Waals surface area contributed by atoms with Crippen LogP contribution in [-0.4, -0.2) is 20.8 Å². The van der Waals surface area contributed by atoms with E-state index in [-0.39, 0.29) is 10.6 Å². The van der Waals surface area contributed by atoms with Gasteiger partial charge >= 0.3 is 0 Å². The molecule has 0 fully saturated rings. The molecule has 6 nitrogen and oxygen atoms in total. The van der Waals surface area contributed by atoms with Gasteiger partial charge in [0.2, 0.25) is 0 Å². The van der Waals surface area contributed by atoms with Crippen LogP contribution >= 0.6 is 23.3 Å². The first-order chi connectivity index (χ1) is 9.72. The number of thioether (sulfide) groups is 1. The molecule has 0 saturated carbocycles. The lowest BCUT2D eigenvalue weighted by molar-refractivity contribution is -0.384. The lowest BCUT2D eigenvalue weighted by Gasteiger charge is -2.11. The lowest BCUT2D eigenvalue weighted by atomic mass is 10.1. The maximum Gasteiger partial charge on any atom is 0.292 e. The van der Waals surface area contributed by atoms with Crippen LogP contribution in [0.4, 0.5) is 11.4 Å². The first kappa shape index (κ1) is 14.7. The van der Waals surface area contributed by atoms with Crippen LogP contribution in [0, 0.1) is 10.1 Å². The van der Waals surface area contributed by atoms with E-state index in [9.17, 15) is 10.1 Å². The fraction of sp³-hybridized carbons (Fsp3) is 0.333. The molecule has 0 atom stereocenters. The molecular weight excluding hydrogens is 296 g/mol. The van der Waals surface area contributed by atoms with Gasteiger partial charge in [0.1, 0.15) is 12.0 Å². The molecule has 0 bridgehead atoms. The Hall–Kier alpha value is -1.67. The van der Waals surface area contributed by atoms with Crippen molar-refractivity contribution in [1.82, 2.24) is 9.36 Å². The summed E-state index contributed by atoms with van der Waals surface area (Å²) in [6.45, 7) is 2.73. The van der Waals surface area contributed by atoms with Gasteiger partial charge in [0.25, 0.3) is 5.69 Å². The molecule has 0 aliphatic heterocycles. The van der Waals surface area contributed by atoms with Crippen molar-refractivity contribution in [2.24, 2.45) is 0 Å². The highest BCUT2D eigenvalue weighted by molar-refractivity contribution is 8.00. The van der Waals surface area contributed by atoms with Gasteiger partial charge in [-0.2, -0.15) is 4.37 Å². The Balaban J connectivity index is 2.21. The SMILES string of the molecule is CCCNc1c(CSc2ncns2)cccc1[N+](=O)[O-]. The van der Waals surface area contributed by atoms with E-state index in [1.54, 1.807) is 6.07 Å². The molecule has 2 rings (SSSR count). The van der Waals surface area contributed by atoms with Crippen molar-refractivity contribution in [1.29, 1.82) is 0 Å². The third-order valence-electron chi connectivity index (χ3n) is 2.57. The monoisotopic (exact) mass is 310 g/mol. The highest BCUT2D eigenvalue weighted by atomic mass is 32.2. The van der Waals surface area contributed by atoms with Crippen molar-refractivity contribution < 1.29 is 4.92 Å². The zero-order chi connectivity index (χ0) is 14.4. The van der Waals surface area contributed by atoms with Crippen LogP contribution < -0.4 is 5.32 Å². The van der Waals surface area contributed by atoms with Crippen molar-refractivity contribution in [2.75, 3.05) is 11.9 Å². The molecule has 1 N–H and O–H groups in total. The van der Waals surface area contributed by atoms with Crippen molar-refractivity contribution in [3.63, 3.8) is 0 Å². The molecule has 1 heterocycles. The average molecular weight is 310 g/mol. The van der Waals surface area contributed by atoms with Crippen LogP contribution in [0.3, 0.4) is 0 Å². The molecule has 106 valence electrons. The average Bonchev–Trinajstić information content (AvgIpc) is 2.96. The predicted octanol–water partition coefficient (Wildman–Crippen LogP) is 3.56. The topological polar surface area (TPSA) is 81.0 Å². The summed E-state index contributed by atoms with van der Waals surface area (Å²) in [4.78, 5) is 14.9. The number of nitro groups is 1. The van der Waals surface area contributed by atoms with Gasteiger partial charge in [0.05, 0.1) is 4.92 Å². The normalized spacial score (nSPS) is 10.4. The van der Waals surface area contributed by atoms with Crippen LogP contribution in [0.25, 0.3) is 0 Å². The molecule has 20 heavy (non-hydrogen) atoms. The molecule has 0 unspecified atom stereocenters. The van der Waals surface area contributed by atoms with E-state index < -0.39 is 0 Å². The van der Waals surface area contributed by atoms with Crippen LogP contribution in [0.5, 0.6) is 0 Å². The minimum Gasteiger partial charge on any atom is -0.379 e. The summed E-state index contributed by atoms with van der Waals surface area (Å²) < 4.78 is 4.80. The maximum absolute atomic E-state index is 11.1. The molecular formula is C12H14N4O2S2. The first-order valence-electron chi connectivity index (χ1n) is 6.12. The van der Waals surface area contributed by atoms with E-state index in [4.69, 9.17) is 0 Å². The van der Waals surface area contributed by atoms with Crippen LogP contribution in [0.1, 0.15) is 18.9 Å². The Labute approximate surface area is 124 Å². The Morgan fingerprint density at radius 1 is 1.50 bits per heavy atom. The number of rotatable bonds is 7. The summed E-state index contributed by atoms with van der Waals surface area (Å²) in [5.74, 6) is 0.628. The molecule has 0 spiro atoms. The predicted molar refractivity (Wildman–Crippen MR) is 81.3 cm³/mol. The number of nitrogens with zero attached hydrogens (tertiary/aromatic N) is 3. The van der Waals surface area contributed by atoms with Gasteiger partial charge in [-0.25, -0.2) is 4.98 Å².